The zero-order valence-corrected chi connectivity index (χ0v) is 21.0. The number of methoxy groups -OCH3 is 1. The summed E-state index contributed by atoms with van der Waals surface area (Å²) in [5, 5.41) is 0. The van der Waals surface area contributed by atoms with Gasteiger partial charge in [0.05, 0.1) is 30.4 Å². The highest BCUT2D eigenvalue weighted by molar-refractivity contribution is 5.83. The standard InChI is InChI=1S/C28H29F3N4O2/c1-18-7-4-8-19(2)25(18)33-15-12-20(13-16-33)35-23-10-5-11-24(37-3)26(23)34(27(35)36)17-22-21(28(29,30)31)9-6-14-32-22/h4-11,14,20H,12-13,15-17H2,1-3H3. The fourth-order valence-corrected chi connectivity index (χ4v) is 5.59. The number of pyridine rings is 1. The average Bonchev–Trinajstić information content (AvgIpc) is 3.15. The van der Waals surface area contributed by atoms with Crippen LogP contribution in [0, 0.1) is 13.8 Å². The summed E-state index contributed by atoms with van der Waals surface area (Å²) in [7, 11) is 1.49. The lowest BCUT2D eigenvalue weighted by Gasteiger charge is -2.35. The molecule has 37 heavy (non-hydrogen) atoms. The number of imidazole rings is 1. The van der Waals surface area contributed by atoms with E-state index in [1.807, 2.05) is 6.07 Å². The number of halogens is 3. The van der Waals surface area contributed by atoms with Gasteiger partial charge in [-0.3, -0.25) is 14.1 Å². The number of aryl methyl sites for hydroxylation is 2. The molecule has 9 heteroatoms. The summed E-state index contributed by atoms with van der Waals surface area (Å²) in [5.74, 6) is 0.436. The van der Waals surface area contributed by atoms with Crippen molar-refractivity contribution in [3.8, 4) is 5.75 Å². The SMILES string of the molecule is COc1cccc2c1n(Cc1ncccc1C(F)(F)F)c(=O)n2C1CCN(c2c(C)cccc2C)CC1. The Morgan fingerprint density at radius 1 is 1.00 bits per heavy atom. The molecular weight excluding hydrogens is 481 g/mol. The van der Waals surface area contributed by atoms with Crippen molar-refractivity contribution in [2.24, 2.45) is 0 Å². The molecule has 2 aromatic carbocycles. The topological polar surface area (TPSA) is 52.3 Å². The highest BCUT2D eigenvalue weighted by atomic mass is 19.4. The van der Waals surface area contributed by atoms with E-state index in [2.05, 4.69) is 41.9 Å². The van der Waals surface area contributed by atoms with E-state index in [9.17, 15) is 18.0 Å². The van der Waals surface area contributed by atoms with Crippen molar-refractivity contribution >= 4 is 16.7 Å². The van der Waals surface area contributed by atoms with Crippen molar-refractivity contribution in [1.82, 2.24) is 14.1 Å². The number of alkyl halides is 3. The molecular formula is C28H29F3N4O2. The largest absolute Gasteiger partial charge is 0.494 e. The van der Waals surface area contributed by atoms with Crippen molar-refractivity contribution in [3.63, 3.8) is 0 Å². The van der Waals surface area contributed by atoms with Crippen LogP contribution in [-0.4, -0.2) is 34.3 Å². The maximum absolute atomic E-state index is 13.8. The molecule has 0 amide bonds. The van der Waals surface area contributed by atoms with Crippen LogP contribution in [-0.2, 0) is 12.7 Å². The first kappa shape index (κ1) is 24.9. The summed E-state index contributed by atoms with van der Waals surface area (Å²) in [4.78, 5) is 20.2. The van der Waals surface area contributed by atoms with Crippen molar-refractivity contribution in [2.45, 2.75) is 45.5 Å². The predicted molar refractivity (Wildman–Crippen MR) is 137 cm³/mol. The van der Waals surface area contributed by atoms with Crippen LogP contribution in [0.2, 0.25) is 0 Å². The molecule has 6 nitrogen and oxygen atoms in total. The Labute approximate surface area is 212 Å². The predicted octanol–water partition coefficient (Wildman–Crippen LogP) is 5.73. The number of nitrogens with zero attached hydrogens (tertiary/aromatic N) is 4. The lowest BCUT2D eigenvalue weighted by Crippen LogP contribution is -2.38. The number of hydrogen-bond donors (Lipinski definition) is 0. The molecule has 0 radical (unpaired) electrons. The first-order chi connectivity index (χ1) is 17.7. The quantitative estimate of drug-likeness (QED) is 0.344. The van der Waals surface area contributed by atoms with Gasteiger partial charge in [0, 0.05) is 31.0 Å². The minimum Gasteiger partial charge on any atom is -0.494 e. The fourth-order valence-electron chi connectivity index (χ4n) is 5.59. The van der Waals surface area contributed by atoms with Crippen molar-refractivity contribution in [2.75, 3.05) is 25.1 Å². The number of aromatic nitrogens is 3. The van der Waals surface area contributed by atoms with E-state index in [1.54, 1.807) is 16.7 Å². The minimum absolute atomic E-state index is 0.0882. The summed E-state index contributed by atoms with van der Waals surface area (Å²) in [6.45, 7) is 5.45. The maximum atomic E-state index is 13.8. The van der Waals surface area contributed by atoms with E-state index >= 15 is 0 Å². The number of piperidine rings is 1. The molecule has 0 spiro atoms. The van der Waals surface area contributed by atoms with Gasteiger partial charge >= 0.3 is 11.9 Å². The molecule has 4 aromatic rings. The van der Waals surface area contributed by atoms with E-state index in [4.69, 9.17) is 4.74 Å². The maximum Gasteiger partial charge on any atom is 0.418 e. The highest BCUT2D eigenvalue weighted by Crippen LogP contribution is 2.35. The molecule has 0 N–H and O–H groups in total. The summed E-state index contributed by atoms with van der Waals surface area (Å²) in [6.07, 6.45) is -1.78. The van der Waals surface area contributed by atoms with E-state index in [-0.39, 0.29) is 24.0 Å². The molecule has 1 saturated heterocycles. The molecule has 1 fully saturated rings. The average molecular weight is 511 g/mol. The molecule has 1 aliphatic heterocycles. The summed E-state index contributed by atoms with van der Waals surface area (Å²) in [5.41, 5.74) is 3.38. The van der Waals surface area contributed by atoms with Gasteiger partial charge in [-0.05, 0) is 62.1 Å². The molecule has 1 aliphatic rings. The third-order valence-corrected chi connectivity index (χ3v) is 7.25. The van der Waals surface area contributed by atoms with Gasteiger partial charge in [0.2, 0.25) is 0 Å². The number of para-hydroxylation sites is 2. The summed E-state index contributed by atoms with van der Waals surface area (Å²) >= 11 is 0. The third-order valence-electron chi connectivity index (χ3n) is 7.25. The van der Waals surface area contributed by atoms with Gasteiger partial charge in [-0.15, -0.1) is 0 Å². The Kier molecular flexibility index (Phi) is 6.47. The normalized spacial score (nSPS) is 14.9. The smallest absolute Gasteiger partial charge is 0.418 e. The van der Waals surface area contributed by atoms with Crippen LogP contribution in [0.1, 0.15) is 41.3 Å². The van der Waals surface area contributed by atoms with Gasteiger partial charge in [-0.1, -0.05) is 24.3 Å². The zero-order valence-electron chi connectivity index (χ0n) is 21.0. The van der Waals surface area contributed by atoms with Gasteiger partial charge in [0.1, 0.15) is 11.3 Å². The van der Waals surface area contributed by atoms with Crippen molar-refractivity contribution < 1.29 is 17.9 Å². The van der Waals surface area contributed by atoms with Crippen LogP contribution in [0.15, 0.2) is 59.5 Å². The second-order valence-electron chi connectivity index (χ2n) is 9.52. The number of fused-ring (bicyclic) bond motifs is 1. The molecule has 194 valence electrons. The lowest BCUT2D eigenvalue weighted by atomic mass is 10.0. The van der Waals surface area contributed by atoms with Crippen LogP contribution < -0.4 is 15.3 Å². The Morgan fingerprint density at radius 3 is 2.32 bits per heavy atom. The van der Waals surface area contributed by atoms with Crippen LogP contribution in [0.4, 0.5) is 18.9 Å². The van der Waals surface area contributed by atoms with Gasteiger partial charge in [0.25, 0.3) is 0 Å². The third kappa shape index (κ3) is 4.47. The van der Waals surface area contributed by atoms with Gasteiger partial charge in [0.15, 0.2) is 0 Å². The van der Waals surface area contributed by atoms with Crippen LogP contribution in [0.3, 0.4) is 0 Å². The molecule has 3 heterocycles. The van der Waals surface area contributed by atoms with Gasteiger partial charge in [-0.25, -0.2) is 4.79 Å². The van der Waals surface area contributed by atoms with Crippen LogP contribution in [0.5, 0.6) is 5.75 Å². The summed E-state index contributed by atoms with van der Waals surface area (Å²) in [6, 6.07) is 13.8. The van der Waals surface area contributed by atoms with Gasteiger partial charge < -0.3 is 9.64 Å². The Balaban J connectivity index is 1.55. The Bertz CT molecular complexity index is 1480. The van der Waals surface area contributed by atoms with E-state index in [1.165, 1.54) is 40.8 Å². The first-order valence-electron chi connectivity index (χ1n) is 12.3. The second kappa shape index (κ2) is 9.61. The number of benzene rings is 2. The molecule has 0 saturated carbocycles. The van der Waals surface area contributed by atoms with Crippen molar-refractivity contribution in [1.29, 1.82) is 0 Å². The molecule has 0 unspecified atom stereocenters. The number of anilines is 1. The Hall–Kier alpha value is -3.75. The minimum atomic E-state index is -4.57. The molecule has 2 aromatic heterocycles. The zero-order chi connectivity index (χ0) is 26.3. The Morgan fingerprint density at radius 2 is 1.68 bits per heavy atom. The molecule has 0 atom stereocenters. The first-order valence-corrected chi connectivity index (χ1v) is 12.3. The van der Waals surface area contributed by atoms with E-state index < -0.39 is 11.7 Å². The van der Waals surface area contributed by atoms with E-state index in [0.717, 1.165) is 32.0 Å². The second-order valence-corrected chi connectivity index (χ2v) is 9.52. The number of hydrogen-bond acceptors (Lipinski definition) is 4. The molecule has 5 rings (SSSR count). The molecule has 0 bridgehead atoms. The summed E-state index contributed by atoms with van der Waals surface area (Å²) < 4.78 is 49.7. The van der Waals surface area contributed by atoms with Crippen molar-refractivity contribution in [3.05, 3.63) is 87.6 Å². The number of ether oxygens (including phenoxy) is 1. The van der Waals surface area contributed by atoms with Crippen LogP contribution >= 0.6 is 0 Å². The van der Waals surface area contributed by atoms with Crippen LogP contribution in [0.25, 0.3) is 11.0 Å². The van der Waals surface area contributed by atoms with E-state index in [0.29, 0.717) is 16.8 Å². The highest BCUT2D eigenvalue weighted by Gasteiger charge is 2.35. The van der Waals surface area contributed by atoms with Gasteiger partial charge in [-0.2, -0.15) is 13.2 Å². The fraction of sp³-hybridized carbons (Fsp3) is 0.357. The molecule has 0 aliphatic carbocycles. The number of rotatable bonds is 5. The lowest BCUT2D eigenvalue weighted by molar-refractivity contribution is -0.138. The monoisotopic (exact) mass is 510 g/mol.